The van der Waals surface area contributed by atoms with E-state index >= 15 is 0 Å². The average Bonchev–Trinajstić information content (AvgIpc) is 2.20. The van der Waals surface area contributed by atoms with Crippen LogP contribution in [0.5, 0.6) is 5.75 Å². The number of methoxy groups -OCH3 is 1. The number of ether oxygens (including phenoxy) is 2. The molecule has 0 aliphatic heterocycles. The third-order valence-corrected chi connectivity index (χ3v) is 3.06. The van der Waals surface area contributed by atoms with Crippen LogP contribution in [0.3, 0.4) is 0 Å². The van der Waals surface area contributed by atoms with Crippen molar-refractivity contribution in [1.29, 1.82) is 0 Å². The molecule has 84 valence electrons. The van der Waals surface area contributed by atoms with Crippen LogP contribution >= 0.6 is 34.2 Å². The van der Waals surface area contributed by atoms with Gasteiger partial charge in [0.2, 0.25) is 5.75 Å². The van der Waals surface area contributed by atoms with Gasteiger partial charge in [-0.1, -0.05) is 11.6 Å². The second-order valence-electron chi connectivity index (χ2n) is 2.70. The number of aromatic nitrogens is 2. The zero-order valence-corrected chi connectivity index (χ0v) is 11.2. The van der Waals surface area contributed by atoms with Crippen LogP contribution in [0.25, 0.3) is 0 Å². The minimum absolute atomic E-state index is 0.121. The van der Waals surface area contributed by atoms with Gasteiger partial charge < -0.3 is 9.47 Å². The summed E-state index contributed by atoms with van der Waals surface area (Å²) in [5.41, 5.74) is -0.350. The van der Waals surface area contributed by atoms with Gasteiger partial charge in [0.05, 0.1) is 6.61 Å². The SMILES string of the molecule is COCCOc1c(Cl)c(I)nn(C)c1=O. The smallest absolute Gasteiger partial charge is 0.310 e. The van der Waals surface area contributed by atoms with Crippen LogP contribution in [-0.4, -0.2) is 30.1 Å². The molecule has 0 amide bonds. The van der Waals surface area contributed by atoms with Crippen molar-refractivity contribution in [2.24, 2.45) is 7.05 Å². The maximum atomic E-state index is 11.6. The van der Waals surface area contributed by atoms with Gasteiger partial charge in [0.25, 0.3) is 0 Å². The monoisotopic (exact) mass is 344 g/mol. The van der Waals surface area contributed by atoms with E-state index in [1.54, 1.807) is 14.2 Å². The predicted octanol–water partition coefficient (Wildman–Crippen LogP) is 1.06. The summed E-state index contributed by atoms with van der Waals surface area (Å²) in [6, 6.07) is 0. The van der Waals surface area contributed by atoms with E-state index in [1.165, 1.54) is 4.68 Å². The Bertz CT molecular complexity index is 408. The molecule has 0 saturated carbocycles. The van der Waals surface area contributed by atoms with E-state index in [9.17, 15) is 4.79 Å². The Morgan fingerprint density at radius 2 is 2.20 bits per heavy atom. The molecule has 1 aromatic heterocycles. The molecule has 0 aromatic carbocycles. The van der Waals surface area contributed by atoms with Gasteiger partial charge in [0, 0.05) is 14.2 Å². The third kappa shape index (κ3) is 3.05. The molecule has 0 saturated heterocycles. The molecule has 1 rings (SSSR count). The van der Waals surface area contributed by atoms with Crippen LogP contribution in [0.1, 0.15) is 0 Å². The molecule has 15 heavy (non-hydrogen) atoms. The number of hydrogen-bond donors (Lipinski definition) is 0. The minimum Gasteiger partial charge on any atom is -0.484 e. The molecule has 0 aliphatic carbocycles. The number of aryl methyl sites for hydroxylation is 1. The predicted molar refractivity (Wildman–Crippen MR) is 64.6 cm³/mol. The number of nitrogens with zero attached hydrogens (tertiary/aromatic N) is 2. The lowest BCUT2D eigenvalue weighted by Crippen LogP contribution is -2.24. The molecule has 7 heteroatoms. The van der Waals surface area contributed by atoms with Gasteiger partial charge in [-0.05, 0) is 22.6 Å². The zero-order chi connectivity index (χ0) is 11.4. The molecule has 0 N–H and O–H groups in total. The van der Waals surface area contributed by atoms with Gasteiger partial charge in [-0.25, -0.2) is 4.68 Å². The Hall–Kier alpha value is -0.340. The summed E-state index contributed by atoms with van der Waals surface area (Å²) < 4.78 is 11.8. The van der Waals surface area contributed by atoms with Crippen LogP contribution < -0.4 is 10.3 Å². The summed E-state index contributed by atoms with van der Waals surface area (Å²) in [6.45, 7) is 0.684. The van der Waals surface area contributed by atoms with Crippen LogP contribution in [0, 0.1) is 3.70 Å². The lowest BCUT2D eigenvalue weighted by atomic mass is 10.5. The highest BCUT2D eigenvalue weighted by Crippen LogP contribution is 2.23. The molecule has 0 fully saturated rings. The molecule has 0 radical (unpaired) electrons. The summed E-state index contributed by atoms with van der Waals surface area (Å²) in [6.07, 6.45) is 0. The molecule has 0 aliphatic rings. The van der Waals surface area contributed by atoms with Crippen molar-refractivity contribution in [2.75, 3.05) is 20.3 Å². The van der Waals surface area contributed by atoms with Gasteiger partial charge in [-0.3, -0.25) is 4.79 Å². The first kappa shape index (κ1) is 12.7. The summed E-state index contributed by atoms with van der Waals surface area (Å²) in [5, 5.41) is 4.15. The number of halogens is 2. The van der Waals surface area contributed by atoms with Crippen LogP contribution in [0.2, 0.25) is 5.02 Å². The molecule has 1 heterocycles. The van der Waals surface area contributed by atoms with Crippen LogP contribution in [0.4, 0.5) is 0 Å². The summed E-state index contributed by atoms with van der Waals surface area (Å²) in [5.74, 6) is 0.121. The minimum atomic E-state index is -0.350. The lowest BCUT2D eigenvalue weighted by Gasteiger charge is -2.08. The Kier molecular flexibility index (Phi) is 4.81. The first-order chi connectivity index (χ1) is 7.07. The van der Waals surface area contributed by atoms with Crippen LogP contribution in [0.15, 0.2) is 4.79 Å². The van der Waals surface area contributed by atoms with Crippen molar-refractivity contribution in [3.05, 3.63) is 19.1 Å². The number of hydrogen-bond acceptors (Lipinski definition) is 4. The fourth-order valence-electron chi connectivity index (χ4n) is 0.908. The van der Waals surface area contributed by atoms with Gasteiger partial charge in [0.15, 0.2) is 0 Å². The van der Waals surface area contributed by atoms with Gasteiger partial charge in [-0.2, -0.15) is 5.10 Å². The number of rotatable bonds is 4. The molecule has 5 nitrogen and oxygen atoms in total. The van der Waals surface area contributed by atoms with E-state index in [4.69, 9.17) is 21.1 Å². The van der Waals surface area contributed by atoms with Gasteiger partial charge in [0.1, 0.15) is 15.3 Å². The van der Waals surface area contributed by atoms with Crippen molar-refractivity contribution in [3.8, 4) is 5.75 Å². The average molecular weight is 345 g/mol. The Labute approximate surface area is 105 Å². The van der Waals surface area contributed by atoms with Crippen molar-refractivity contribution in [3.63, 3.8) is 0 Å². The molecule has 0 atom stereocenters. The van der Waals surface area contributed by atoms with Crippen molar-refractivity contribution >= 4 is 34.2 Å². The molecule has 0 unspecified atom stereocenters. The van der Waals surface area contributed by atoms with Crippen molar-refractivity contribution < 1.29 is 9.47 Å². The molecular formula is C8H10ClIN2O3. The summed E-state index contributed by atoms with van der Waals surface area (Å²) >= 11 is 7.84. The normalized spacial score (nSPS) is 10.4. The summed E-state index contributed by atoms with van der Waals surface area (Å²) in [7, 11) is 3.10. The molecular weight excluding hydrogens is 334 g/mol. The second-order valence-corrected chi connectivity index (χ2v) is 4.10. The highest BCUT2D eigenvalue weighted by Gasteiger charge is 2.13. The Morgan fingerprint density at radius 3 is 2.80 bits per heavy atom. The van der Waals surface area contributed by atoms with Crippen LogP contribution in [-0.2, 0) is 11.8 Å². The lowest BCUT2D eigenvalue weighted by molar-refractivity contribution is 0.145. The van der Waals surface area contributed by atoms with E-state index in [2.05, 4.69) is 5.10 Å². The molecule has 1 aromatic rings. The first-order valence-electron chi connectivity index (χ1n) is 4.12. The second kappa shape index (κ2) is 5.66. The summed E-state index contributed by atoms with van der Waals surface area (Å²) in [4.78, 5) is 11.6. The van der Waals surface area contributed by atoms with Gasteiger partial charge in [-0.15, -0.1) is 0 Å². The Morgan fingerprint density at radius 1 is 1.53 bits per heavy atom. The fraction of sp³-hybridized carbons (Fsp3) is 0.500. The van der Waals surface area contributed by atoms with Gasteiger partial charge >= 0.3 is 5.56 Å². The quantitative estimate of drug-likeness (QED) is 0.605. The third-order valence-electron chi connectivity index (χ3n) is 1.64. The van der Waals surface area contributed by atoms with Crippen molar-refractivity contribution in [2.45, 2.75) is 0 Å². The maximum Gasteiger partial charge on any atom is 0.310 e. The van der Waals surface area contributed by atoms with E-state index in [0.717, 1.165) is 0 Å². The van der Waals surface area contributed by atoms with E-state index in [0.29, 0.717) is 10.3 Å². The zero-order valence-electron chi connectivity index (χ0n) is 8.29. The fourth-order valence-corrected chi connectivity index (χ4v) is 1.65. The highest BCUT2D eigenvalue weighted by atomic mass is 127. The molecule has 0 spiro atoms. The highest BCUT2D eigenvalue weighted by molar-refractivity contribution is 14.1. The maximum absolute atomic E-state index is 11.6. The molecule has 0 bridgehead atoms. The largest absolute Gasteiger partial charge is 0.484 e. The van der Waals surface area contributed by atoms with E-state index < -0.39 is 0 Å². The Balaban J connectivity index is 3.00. The van der Waals surface area contributed by atoms with Crippen molar-refractivity contribution in [1.82, 2.24) is 9.78 Å². The van der Waals surface area contributed by atoms with E-state index in [-0.39, 0.29) is 22.9 Å². The topological polar surface area (TPSA) is 53.4 Å². The first-order valence-corrected chi connectivity index (χ1v) is 5.57. The standard InChI is InChI=1S/C8H10ClIN2O3/c1-12-8(13)6(15-4-3-14-2)5(9)7(10)11-12/h3-4H2,1-2H3. The van der Waals surface area contributed by atoms with E-state index in [1.807, 2.05) is 22.6 Å².